The molecule has 0 amide bonds. The standard InChI is InChI=1S/C19H25N3O2S/c1-15-13-25-18(21-15)11-22-8-5-19(6-9-22)10-16(24-14-19)12-23-17-4-2-3-7-20-17/h2-4,7,13,16H,5-6,8-12,14H2,1H3/t16-/m1/s1. The zero-order chi connectivity index (χ0) is 17.1. The summed E-state index contributed by atoms with van der Waals surface area (Å²) in [6.45, 7) is 6.79. The monoisotopic (exact) mass is 359 g/mol. The maximum atomic E-state index is 6.04. The lowest BCUT2D eigenvalue weighted by Gasteiger charge is -2.38. The Morgan fingerprint density at radius 2 is 2.24 bits per heavy atom. The van der Waals surface area contributed by atoms with Gasteiger partial charge < -0.3 is 9.47 Å². The predicted octanol–water partition coefficient (Wildman–Crippen LogP) is 3.30. The van der Waals surface area contributed by atoms with Crippen LogP contribution in [0.2, 0.25) is 0 Å². The highest BCUT2D eigenvalue weighted by Crippen LogP contribution is 2.42. The van der Waals surface area contributed by atoms with Gasteiger partial charge >= 0.3 is 0 Å². The maximum Gasteiger partial charge on any atom is 0.213 e. The Morgan fingerprint density at radius 1 is 1.36 bits per heavy atom. The van der Waals surface area contributed by atoms with E-state index in [1.165, 1.54) is 17.8 Å². The number of aryl methyl sites for hydroxylation is 1. The molecule has 4 heterocycles. The summed E-state index contributed by atoms with van der Waals surface area (Å²) in [6.07, 6.45) is 5.46. The van der Waals surface area contributed by atoms with Gasteiger partial charge in [0.05, 0.1) is 19.3 Å². The SMILES string of the molecule is Cc1csc(CN2CCC3(CC2)CO[C@@H](COc2ccccn2)C3)n1. The number of aromatic nitrogens is 2. The highest BCUT2D eigenvalue weighted by Gasteiger charge is 2.42. The summed E-state index contributed by atoms with van der Waals surface area (Å²) in [4.78, 5) is 11.3. The summed E-state index contributed by atoms with van der Waals surface area (Å²) in [5, 5.41) is 3.37. The molecule has 134 valence electrons. The number of ether oxygens (including phenoxy) is 2. The van der Waals surface area contributed by atoms with Crippen LogP contribution in [0.1, 0.15) is 30.0 Å². The largest absolute Gasteiger partial charge is 0.475 e. The third-order valence-corrected chi connectivity index (χ3v) is 6.23. The minimum absolute atomic E-state index is 0.190. The van der Waals surface area contributed by atoms with Gasteiger partial charge in [-0.25, -0.2) is 9.97 Å². The molecule has 2 aromatic rings. The molecule has 4 rings (SSSR count). The first kappa shape index (κ1) is 16.9. The van der Waals surface area contributed by atoms with E-state index in [0.717, 1.165) is 38.4 Å². The molecule has 0 aromatic carbocycles. The Labute approximate surface area is 153 Å². The molecular weight excluding hydrogens is 334 g/mol. The van der Waals surface area contributed by atoms with Crippen molar-refractivity contribution < 1.29 is 9.47 Å². The van der Waals surface area contributed by atoms with Crippen LogP contribution in [0.4, 0.5) is 0 Å². The van der Waals surface area contributed by atoms with Gasteiger partial charge in [-0.2, -0.15) is 0 Å². The zero-order valence-electron chi connectivity index (χ0n) is 14.7. The number of nitrogens with zero attached hydrogens (tertiary/aromatic N) is 3. The first-order valence-corrected chi connectivity index (χ1v) is 9.88. The molecule has 0 bridgehead atoms. The number of pyridine rings is 1. The minimum atomic E-state index is 0.190. The summed E-state index contributed by atoms with van der Waals surface area (Å²) < 4.78 is 11.8. The quantitative estimate of drug-likeness (QED) is 0.820. The number of thiazole rings is 1. The summed E-state index contributed by atoms with van der Waals surface area (Å²) in [6, 6.07) is 5.73. The van der Waals surface area contributed by atoms with Gasteiger partial charge in [0.2, 0.25) is 5.88 Å². The molecule has 2 fully saturated rings. The molecule has 1 spiro atoms. The van der Waals surface area contributed by atoms with E-state index in [-0.39, 0.29) is 6.10 Å². The molecule has 2 aliphatic heterocycles. The second-order valence-electron chi connectivity index (χ2n) is 7.27. The van der Waals surface area contributed by atoms with E-state index in [2.05, 4.69) is 27.2 Å². The van der Waals surface area contributed by atoms with E-state index in [4.69, 9.17) is 9.47 Å². The summed E-state index contributed by atoms with van der Waals surface area (Å²) in [5.74, 6) is 0.681. The second kappa shape index (κ2) is 7.40. The van der Waals surface area contributed by atoms with Crippen molar-refractivity contribution in [3.8, 4) is 5.88 Å². The van der Waals surface area contributed by atoms with Crippen molar-refractivity contribution in [2.75, 3.05) is 26.3 Å². The first-order valence-electron chi connectivity index (χ1n) is 9.00. The lowest BCUT2D eigenvalue weighted by molar-refractivity contribution is 0.0462. The molecule has 0 unspecified atom stereocenters. The number of hydrogen-bond acceptors (Lipinski definition) is 6. The van der Waals surface area contributed by atoms with Gasteiger partial charge in [0.25, 0.3) is 0 Å². The van der Waals surface area contributed by atoms with Crippen LogP contribution < -0.4 is 4.74 Å². The lowest BCUT2D eigenvalue weighted by atomic mass is 9.77. The van der Waals surface area contributed by atoms with Gasteiger partial charge in [-0.3, -0.25) is 4.90 Å². The Morgan fingerprint density at radius 3 is 2.96 bits per heavy atom. The number of hydrogen-bond donors (Lipinski definition) is 0. The van der Waals surface area contributed by atoms with Crippen LogP contribution in [-0.2, 0) is 11.3 Å². The molecule has 1 atom stereocenters. The minimum Gasteiger partial charge on any atom is -0.475 e. The Balaban J connectivity index is 1.24. The number of rotatable bonds is 5. The Bertz CT molecular complexity index is 683. The Hall–Kier alpha value is -1.50. The first-order chi connectivity index (χ1) is 12.2. The molecule has 25 heavy (non-hydrogen) atoms. The smallest absolute Gasteiger partial charge is 0.213 e. The highest BCUT2D eigenvalue weighted by molar-refractivity contribution is 7.09. The molecule has 2 aromatic heterocycles. The van der Waals surface area contributed by atoms with Gasteiger partial charge in [-0.1, -0.05) is 6.07 Å². The number of piperidine rings is 1. The van der Waals surface area contributed by atoms with E-state index in [1.54, 1.807) is 17.5 Å². The van der Waals surface area contributed by atoms with Gasteiger partial charge in [0.1, 0.15) is 11.6 Å². The third-order valence-electron chi connectivity index (χ3n) is 5.28. The topological polar surface area (TPSA) is 47.5 Å². The van der Waals surface area contributed by atoms with Gasteiger partial charge in [-0.15, -0.1) is 11.3 Å². The van der Waals surface area contributed by atoms with Crippen molar-refractivity contribution in [3.05, 3.63) is 40.5 Å². The van der Waals surface area contributed by atoms with Gasteiger partial charge in [0, 0.05) is 23.3 Å². The third kappa shape index (κ3) is 4.19. The second-order valence-corrected chi connectivity index (χ2v) is 8.22. The molecular formula is C19H25N3O2S. The van der Waals surface area contributed by atoms with E-state index >= 15 is 0 Å². The predicted molar refractivity (Wildman–Crippen MR) is 97.9 cm³/mol. The zero-order valence-corrected chi connectivity index (χ0v) is 15.5. The van der Waals surface area contributed by atoms with E-state index in [9.17, 15) is 0 Å². The van der Waals surface area contributed by atoms with E-state index in [0.29, 0.717) is 17.9 Å². The van der Waals surface area contributed by atoms with Crippen molar-refractivity contribution in [1.82, 2.24) is 14.9 Å². The van der Waals surface area contributed by atoms with Crippen LogP contribution in [-0.4, -0.2) is 47.3 Å². The fourth-order valence-electron chi connectivity index (χ4n) is 3.81. The molecule has 0 saturated carbocycles. The summed E-state index contributed by atoms with van der Waals surface area (Å²) >= 11 is 1.77. The van der Waals surface area contributed by atoms with Crippen LogP contribution >= 0.6 is 11.3 Å². The molecule has 6 heteroatoms. The van der Waals surface area contributed by atoms with Crippen molar-refractivity contribution >= 4 is 11.3 Å². The van der Waals surface area contributed by atoms with Crippen molar-refractivity contribution in [2.45, 2.75) is 38.8 Å². The molecule has 2 saturated heterocycles. The average Bonchev–Trinajstić information content (AvgIpc) is 3.23. The average molecular weight is 359 g/mol. The normalized spacial score (nSPS) is 23.2. The van der Waals surface area contributed by atoms with Crippen molar-refractivity contribution in [2.24, 2.45) is 5.41 Å². The lowest BCUT2D eigenvalue weighted by Crippen LogP contribution is -2.40. The summed E-state index contributed by atoms with van der Waals surface area (Å²) in [5.41, 5.74) is 1.47. The molecule has 5 nitrogen and oxygen atoms in total. The van der Waals surface area contributed by atoms with Crippen LogP contribution in [0.3, 0.4) is 0 Å². The Kier molecular flexibility index (Phi) is 5.01. The fourth-order valence-corrected chi connectivity index (χ4v) is 4.63. The van der Waals surface area contributed by atoms with E-state index < -0.39 is 0 Å². The van der Waals surface area contributed by atoms with Crippen molar-refractivity contribution in [3.63, 3.8) is 0 Å². The van der Waals surface area contributed by atoms with Crippen molar-refractivity contribution in [1.29, 1.82) is 0 Å². The summed E-state index contributed by atoms with van der Waals surface area (Å²) in [7, 11) is 0. The van der Waals surface area contributed by atoms with E-state index in [1.807, 2.05) is 18.2 Å². The highest BCUT2D eigenvalue weighted by atomic mass is 32.1. The maximum absolute atomic E-state index is 6.04. The van der Waals surface area contributed by atoms with Crippen LogP contribution in [0, 0.1) is 12.3 Å². The van der Waals surface area contributed by atoms with Gasteiger partial charge in [0.15, 0.2) is 0 Å². The molecule has 0 radical (unpaired) electrons. The van der Waals surface area contributed by atoms with Crippen LogP contribution in [0.15, 0.2) is 29.8 Å². The van der Waals surface area contributed by atoms with Crippen LogP contribution in [0.25, 0.3) is 0 Å². The van der Waals surface area contributed by atoms with Gasteiger partial charge in [-0.05, 0) is 50.8 Å². The molecule has 0 aliphatic carbocycles. The molecule has 0 N–H and O–H groups in total. The van der Waals surface area contributed by atoms with Crippen LogP contribution in [0.5, 0.6) is 5.88 Å². The number of likely N-dealkylation sites (tertiary alicyclic amines) is 1. The molecule has 2 aliphatic rings. The fraction of sp³-hybridized carbons (Fsp3) is 0.579.